The van der Waals surface area contributed by atoms with Gasteiger partial charge in [0.1, 0.15) is 11.6 Å². The number of anilines is 1. The third kappa shape index (κ3) is 3.65. The minimum atomic E-state index is -0.390. The number of nitrogens with zero attached hydrogens (tertiary/aromatic N) is 3. The first-order valence-electron chi connectivity index (χ1n) is 11.6. The van der Waals surface area contributed by atoms with Gasteiger partial charge in [-0.05, 0) is 61.4 Å². The number of benzene rings is 3. The number of hydrogen-bond donors (Lipinski definition) is 0. The van der Waals surface area contributed by atoms with Gasteiger partial charge >= 0.3 is 0 Å². The van der Waals surface area contributed by atoms with Gasteiger partial charge in [-0.3, -0.25) is 14.2 Å². The third-order valence-electron chi connectivity index (χ3n) is 6.42. The highest BCUT2D eigenvalue weighted by atomic mass is 16.5. The van der Waals surface area contributed by atoms with Gasteiger partial charge in [-0.15, -0.1) is 0 Å². The van der Waals surface area contributed by atoms with Gasteiger partial charge in [0.15, 0.2) is 0 Å². The van der Waals surface area contributed by atoms with Crippen LogP contribution in [0.3, 0.4) is 0 Å². The van der Waals surface area contributed by atoms with Crippen molar-refractivity contribution < 1.29 is 9.53 Å². The van der Waals surface area contributed by atoms with Gasteiger partial charge in [-0.25, -0.2) is 4.98 Å². The first-order chi connectivity index (χ1) is 16.5. The highest BCUT2D eigenvalue weighted by molar-refractivity contribution is 6.05. The molecule has 2 heterocycles. The van der Waals surface area contributed by atoms with Crippen molar-refractivity contribution in [2.75, 3.05) is 18.6 Å². The molecule has 0 radical (unpaired) electrons. The van der Waals surface area contributed by atoms with Crippen molar-refractivity contribution in [3.8, 4) is 11.4 Å². The van der Waals surface area contributed by atoms with E-state index in [1.807, 2.05) is 66.4 Å². The lowest BCUT2D eigenvalue weighted by molar-refractivity contribution is -0.119. The van der Waals surface area contributed by atoms with E-state index in [4.69, 9.17) is 9.72 Å². The standard InChI is InChI=1S/C28H27N3O3/c1-4-15-30-25-14-9-18(2)16-22(25)23(27(30)32)17-26-29-24-8-6-5-7-21(24)28(33)31(26)19-10-12-20(34-3)13-11-19/h5-14,16,23H,4,15,17H2,1-3H3/t23-/m1/s1. The van der Waals surface area contributed by atoms with Crippen molar-refractivity contribution in [1.82, 2.24) is 9.55 Å². The summed E-state index contributed by atoms with van der Waals surface area (Å²) in [7, 11) is 1.61. The zero-order valence-electron chi connectivity index (χ0n) is 19.6. The van der Waals surface area contributed by atoms with Crippen LogP contribution in [-0.2, 0) is 11.2 Å². The van der Waals surface area contributed by atoms with E-state index in [0.29, 0.717) is 41.1 Å². The molecule has 1 aliphatic heterocycles. The van der Waals surface area contributed by atoms with Crippen LogP contribution in [0.25, 0.3) is 16.6 Å². The van der Waals surface area contributed by atoms with Crippen LogP contribution in [0, 0.1) is 6.92 Å². The first-order valence-corrected chi connectivity index (χ1v) is 11.6. The summed E-state index contributed by atoms with van der Waals surface area (Å²) in [5, 5.41) is 0.545. The number of aromatic nitrogens is 2. The van der Waals surface area contributed by atoms with Crippen LogP contribution in [0.1, 0.15) is 36.2 Å². The molecule has 6 nitrogen and oxygen atoms in total. The van der Waals surface area contributed by atoms with Crippen molar-refractivity contribution in [3.63, 3.8) is 0 Å². The summed E-state index contributed by atoms with van der Waals surface area (Å²) in [5.74, 6) is 0.945. The van der Waals surface area contributed by atoms with Gasteiger partial charge in [-0.1, -0.05) is 36.8 Å². The van der Waals surface area contributed by atoms with Crippen molar-refractivity contribution >= 4 is 22.5 Å². The number of carbonyl (C=O) groups is 1. The van der Waals surface area contributed by atoms with Gasteiger partial charge in [0, 0.05) is 18.7 Å². The average Bonchev–Trinajstić information content (AvgIpc) is 3.10. The van der Waals surface area contributed by atoms with Crippen molar-refractivity contribution in [2.24, 2.45) is 0 Å². The SMILES string of the molecule is CCCN1C(=O)[C@H](Cc2nc3ccccc3c(=O)n2-c2ccc(OC)cc2)c2cc(C)ccc21. The average molecular weight is 454 g/mol. The van der Waals surface area contributed by atoms with Crippen LogP contribution >= 0.6 is 0 Å². The molecule has 5 rings (SSSR count). The molecule has 1 atom stereocenters. The molecule has 34 heavy (non-hydrogen) atoms. The Morgan fingerprint density at radius 3 is 2.50 bits per heavy atom. The van der Waals surface area contributed by atoms with Crippen molar-refractivity contribution in [2.45, 2.75) is 32.6 Å². The Kier molecular flexibility index (Phi) is 5.65. The molecule has 4 aromatic rings. The summed E-state index contributed by atoms with van der Waals surface area (Å²) < 4.78 is 6.92. The van der Waals surface area contributed by atoms with E-state index in [1.165, 1.54) is 0 Å². The number of para-hydroxylation sites is 1. The van der Waals surface area contributed by atoms with Gasteiger partial charge in [0.05, 0.1) is 29.6 Å². The normalized spacial score (nSPS) is 15.1. The number of amides is 1. The minimum Gasteiger partial charge on any atom is -0.497 e. The lowest BCUT2D eigenvalue weighted by Gasteiger charge is -2.18. The topological polar surface area (TPSA) is 64.4 Å². The fourth-order valence-corrected chi connectivity index (χ4v) is 4.79. The second-order valence-electron chi connectivity index (χ2n) is 8.69. The van der Waals surface area contributed by atoms with Crippen LogP contribution in [0.2, 0.25) is 0 Å². The fourth-order valence-electron chi connectivity index (χ4n) is 4.79. The molecule has 1 amide bonds. The minimum absolute atomic E-state index is 0.0612. The maximum atomic E-state index is 13.6. The van der Waals surface area contributed by atoms with Gasteiger partial charge in [-0.2, -0.15) is 0 Å². The number of aryl methyl sites for hydroxylation is 1. The highest BCUT2D eigenvalue weighted by Crippen LogP contribution is 2.40. The number of rotatable bonds is 6. The molecule has 6 heteroatoms. The van der Waals surface area contributed by atoms with E-state index in [2.05, 4.69) is 13.0 Å². The zero-order chi connectivity index (χ0) is 23.8. The second-order valence-corrected chi connectivity index (χ2v) is 8.69. The monoisotopic (exact) mass is 453 g/mol. The van der Waals surface area contributed by atoms with E-state index in [-0.39, 0.29) is 17.4 Å². The van der Waals surface area contributed by atoms with Crippen LogP contribution in [0.15, 0.2) is 71.5 Å². The molecule has 0 spiro atoms. The van der Waals surface area contributed by atoms with E-state index >= 15 is 0 Å². The molecule has 0 aliphatic carbocycles. The Balaban J connectivity index is 1.67. The Labute approximate surface area is 198 Å². The Morgan fingerprint density at radius 1 is 1.00 bits per heavy atom. The number of ether oxygens (including phenoxy) is 1. The maximum absolute atomic E-state index is 13.6. The maximum Gasteiger partial charge on any atom is 0.265 e. The summed E-state index contributed by atoms with van der Waals surface area (Å²) in [4.78, 5) is 33.9. The molecule has 1 aliphatic rings. The Hall–Kier alpha value is -3.93. The van der Waals surface area contributed by atoms with E-state index in [0.717, 1.165) is 23.2 Å². The summed E-state index contributed by atoms with van der Waals surface area (Å²) in [6.07, 6.45) is 1.21. The first kappa shape index (κ1) is 21.9. The molecule has 3 aromatic carbocycles. The van der Waals surface area contributed by atoms with Gasteiger partial charge in [0.2, 0.25) is 5.91 Å². The summed E-state index contributed by atoms with van der Waals surface area (Å²) in [6, 6.07) is 20.8. The smallest absolute Gasteiger partial charge is 0.265 e. The molecular weight excluding hydrogens is 426 g/mol. The summed E-state index contributed by atoms with van der Waals surface area (Å²) in [5.41, 5.74) is 4.25. The van der Waals surface area contributed by atoms with Gasteiger partial charge < -0.3 is 9.64 Å². The van der Waals surface area contributed by atoms with Crippen LogP contribution < -0.4 is 15.2 Å². The van der Waals surface area contributed by atoms with Crippen molar-refractivity contribution in [1.29, 1.82) is 0 Å². The zero-order valence-corrected chi connectivity index (χ0v) is 19.6. The fraction of sp³-hybridized carbons (Fsp3) is 0.250. The third-order valence-corrected chi connectivity index (χ3v) is 6.42. The van der Waals surface area contributed by atoms with Crippen LogP contribution in [0.5, 0.6) is 5.75 Å². The van der Waals surface area contributed by atoms with Gasteiger partial charge in [0.25, 0.3) is 5.56 Å². The predicted molar refractivity (Wildman–Crippen MR) is 134 cm³/mol. The second kappa shape index (κ2) is 8.78. The number of fused-ring (bicyclic) bond motifs is 2. The molecule has 0 N–H and O–H groups in total. The van der Waals surface area contributed by atoms with E-state index in [1.54, 1.807) is 17.7 Å². The summed E-state index contributed by atoms with van der Waals surface area (Å²) >= 11 is 0. The molecule has 0 saturated carbocycles. The van der Waals surface area contributed by atoms with E-state index < -0.39 is 0 Å². The summed E-state index contributed by atoms with van der Waals surface area (Å²) in [6.45, 7) is 4.77. The molecular formula is C28H27N3O3. The Bertz CT molecular complexity index is 1440. The molecule has 0 fully saturated rings. The predicted octanol–water partition coefficient (Wildman–Crippen LogP) is 4.79. The molecule has 172 valence electrons. The lowest BCUT2D eigenvalue weighted by atomic mass is 9.95. The Morgan fingerprint density at radius 2 is 1.76 bits per heavy atom. The quantitative estimate of drug-likeness (QED) is 0.421. The van der Waals surface area contributed by atoms with Crippen molar-refractivity contribution in [3.05, 3.63) is 94.0 Å². The largest absolute Gasteiger partial charge is 0.497 e. The highest BCUT2D eigenvalue weighted by Gasteiger charge is 2.37. The number of methoxy groups -OCH3 is 1. The van der Waals surface area contributed by atoms with Crippen LogP contribution in [-0.4, -0.2) is 29.1 Å². The number of hydrogen-bond acceptors (Lipinski definition) is 4. The van der Waals surface area contributed by atoms with Crippen LogP contribution in [0.4, 0.5) is 5.69 Å². The molecule has 0 bridgehead atoms. The number of carbonyl (C=O) groups excluding carboxylic acids is 1. The van der Waals surface area contributed by atoms with E-state index in [9.17, 15) is 9.59 Å². The lowest BCUT2D eigenvalue weighted by Crippen LogP contribution is -2.31. The molecule has 0 unspecified atom stereocenters. The molecule has 1 aromatic heterocycles. The molecule has 0 saturated heterocycles.